The zero-order chi connectivity index (χ0) is 22.3. The van der Waals surface area contributed by atoms with Crippen LogP contribution in [-0.4, -0.2) is 54.4 Å². The van der Waals surface area contributed by atoms with Crippen LogP contribution < -0.4 is 10.2 Å². The molecule has 7 rings (SSSR count). The van der Waals surface area contributed by atoms with Crippen molar-refractivity contribution in [1.82, 2.24) is 20.3 Å². The van der Waals surface area contributed by atoms with E-state index in [9.17, 15) is 0 Å². The predicted octanol–water partition coefficient (Wildman–Crippen LogP) is 4.09. The molecule has 0 atom stereocenters. The molecule has 33 heavy (non-hydrogen) atoms. The average Bonchev–Trinajstić information content (AvgIpc) is 3.56. The fraction of sp³-hybridized carbons (Fsp3) is 0.542. The van der Waals surface area contributed by atoms with Crippen LogP contribution in [0.1, 0.15) is 37.5 Å². The van der Waals surface area contributed by atoms with E-state index in [1.54, 1.807) is 17.6 Å². The van der Waals surface area contributed by atoms with Crippen molar-refractivity contribution in [3.8, 4) is 11.5 Å². The Morgan fingerprint density at radius 1 is 1.18 bits per heavy atom. The van der Waals surface area contributed by atoms with Crippen LogP contribution in [-0.2, 0) is 15.1 Å². The lowest BCUT2D eigenvalue weighted by atomic mass is 9.65. The number of nitrogens with zero attached hydrogens (tertiary/aromatic N) is 4. The third-order valence-electron chi connectivity index (χ3n) is 7.31. The van der Waals surface area contributed by atoms with Crippen molar-refractivity contribution in [3.05, 3.63) is 35.9 Å². The van der Waals surface area contributed by atoms with Gasteiger partial charge in [0.15, 0.2) is 18.0 Å². The van der Waals surface area contributed by atoms with E-state index in [1.165, 1.54) is 24.1 Å². The van der Waals surface area contributed by atoms with Gasteiger partial charge in [-0.05, 0) is 44.9 Å². The number of thiophene rings is 1. The Bertz CT molecular complexity index is 1130. The molecule has 0 unspecified atom stereocenters. The summed E-state index contributed by atoms with van der Waals surface area (Å²) in [6.07, 6.45) is 11.6. The normalized spacial score (nSPS) is 27.6. The number of fused-ring (bicyclic) bond motifs is 4. The van der Waals surface area contributed by atoms with Crippen molar-refractivity contribution in [2.24, 2.45) is 5.41 Å². The molecular formula is C24H29N5O3S. The Morgan fingerprint density at radius 2 is 2.03 bits per heavy atom. The first-order chi connectivity index (χ1) is 16.2. The van der Waals surface area contributed by atoms with Crippen LogP contribution in [0.5, 0.6) is 0 Å². The quantitative estimate of drug-likeness (QED) is 0.580. The molecule has 0 radical (unpaired) electrons. The van der Waals surface area contributed by atoms with Gasteiger partial charge < -0.3 is 24.1 Å². The summed E-state index contributed by atoms with van der Waals surface area (Å²) in [6.45, 7) is 6.88. The van der Waals surface area contributed by atoms with Crippen LogP contribution in [0.2, 0.25) is 0 Å². The van der Waals surface area contributed by atoms with Gasteiger partial charge >= 0.3 is 0 Å². The second-order valence-electron chi connectivity index (χ2n) is 9.33. The summed E-state index contributed by atoms with van der Waals surface area (Å²) in [7, 11) is 0. The van der Waals surface area contributed by atoms with E-state index in [1.807, 2.05) is 19.2 Å². The molecule has 3 saturated heterocycles. The lowest BCUT2D eigenvalue weighted by Gasteiger charge is -2.52. The molecule has 9 heteroatoms. The Balaban J connectivity index is 1.35. The monoisotopic (exact) mass is 467 g/mol. The van der Waals surface area contributed by atoms with Crippen molar-refractivity contribution < 1.29 is 13.9 Å². The maximum atomic E-state index is 6.64. The Hall–Kier alpha value is -2.49. The fourth-order valence-electron chi connectivity index (χ4n) is 5.27. The number of ether oxygens (including phenoxy) is 2. The van der Waals surface area contributed by atoms with Crippen LogP contribution in [0, 0.1) is 5.41 Å². The number of hydrogen-bond donors (Lipinski definition) is 1. The largest absolute Gasteiger partial charge is 0.451 e. The van der Waals surface area contributed by atoms with Crippen molar-refractivity contribution in [2.75, 3.05) is 44.4 Å². The van der Waals surface area contributed by atoms with Crippen LogP contribution in [0.15, 0.2) is 35.4 Å². The molecule has 4 aliphatic rings. The van der Waals surface area contributed by atoms with Gasteiger partial charge in [-0.15, -0.1) is 11.3 Å². The molecule has 8 nitrogen and oxygen atoms in total. The summed E-state index contributed by atoms with van der Waals surface area (Å²) >= 11 is 1.80. The summed E-state index contributed by atoms with van der Waals surface area (Å²) in [6, 6.07) is 2.23. The summed E-state index contributed by atoms with van der Waals surface area (Å²) in [5, 5.41) is 3.45. The number of anilines is 1. The highest BCUT2D eigenvalue weighted by Gasteiger charge is 2.51. The minimum absolute atomic E-state index is 0.204. The van der Waals surface area contributed by atoms with Gasteiger partial charge in [0.05, 0.1) is 30.0 Å². The molecule has 6 heterocycles. The van der Waals surface area contributed by atoms with E-state index in [2.05, 4.69) is 21.3 Å². The molecular weight excluding hydrogens is 438 g/mol. The minimum Gasteiger partial charge on any atom is -0.451 e. The SMILES string of the molecule is CC=CNCC12CCC(c3cc4nc(-c5cocn5)nc(N5CCOCC5)c4s3)(CC1)OC2. The molecule has 1 aliphatic carbocycles. The first-order valence-corrected chi connectivity index (χ1v) is 12.5. The van der Waals surface area contributed by atoms with Gasteiger partial charge in [0.1, 0.15) is 17.6 Å². The molecule has 3 aromatic heterocycles. The standard InChI is InChI=1S/C24H29N5O3S/c1-2-7-25-14-23-3-5-24(6-4-23,32-15-23)19-12-17-20(33-19)22(29-8-10-30-11-9-29)28-21(27-17)18-13-31-16-26-18/h2,7,12-13,16,25H,3-6,8-11,14-15H2,1H3. The highest BCUT2D eigenvalue weighted by atomic mass is 32.1. The van der Waals surface area contributed by atoms with Gasteiger partial charge in [0.2, 0.25) is 0 Å². The minimum atomic E-state index is -0.204. The third kappa shape index (κ3) is 3.72. The van der Waals surface area contributed by atoms with Gasteiger partial charge in [-0.2, -0.15) is 0 Å². The van der Waals surface area contributed by atoms with E-state index in [0.29, 0.717) is 24.7 Å². The predicted molar refractivity (Wildman–Crippen MR) is 127 cm³/mol. The third-order valence-corrected chi connectivity index (χ3v) is 8.61. The number of morpholine rings is 1. The van der Waals surface area contributed by atoms with E-state index in [0.717, 1.165) is 55.1 Å². The highest BCUT2D eigenvalue weighted by molar-refractivity contribution is 7.19. The molecule has 4 fully saturated rings. The van der Waals surface area contributed by atoms with Crippen LogP contribution in [0.3, 0.4) is 0 Å². The zero-order valence-electron chi connectivity index (χ0n) is 18.9. The molecule has 0 amide bonds. The van der Waals surface area contributed by atoms with Gasteiger partial charge in [-0.3, -0.25) is 0 Å². The highest BCUT2D eigenvalue weighted by Crippen LogP contribution is 2.55. The molecule has 3 aliphatic heterocycles. The summed E-state index contributed by atoms with van der Waals surface area (Å²) in [5.41, 5.74) is 1.66. The Kier molecular flexibility index (Phi) is 5.35. The lowest BCUT2D eigenvalue weighted by Crippen LogP contribution is -2.52. The molecule has 1 N–H and O–H groups in total. The topological polar surface area (TPSA) is 85.5 Å². The number of rotatable bonds is 6. The van der Waals surface area contributed by atoms with Crippen LogP contribution >= 0.6 is 11.3 Å². The molecule has 0 spiro atoms. The van der Waals surface area contributed by atoms with Gasteiger partial charge in [-0.25, -0.2) is 15.0 Å². The molecule has 174 valence electrons. The first kappa shape index (κ1) is 21.1. The summed E-state index contributed by atoms with van der Waals surface area (Å²) in [5.74, 6) is 1.56. The van der Waals surface area contributed by atoms with Gasteiger partial charge in [0, 0.05) is 29.9 Å². The van der Waals surface area contributed by atoms with E-state index >= 15 is 0 Å². The number of aromatic nitrogens is 3. The maximum Gasteiger partial charge on any atom is 0.184 e. The van der Waals surface area contributed by atoms with Gasteiger partial charge in [-0.1, -0.05) is 6.08 Å². The second kappa shape index (κ2) is 8.38. The van der Waals surface area contributed by atoms with Crippen molar-refractivity contribution >= 4 is 27.4 Å². The van der Waals surface area contributed by atoms with E-state index in [-0.39, 0.29) is 11.0 Å². The number of hydrogen-bond acceptors (Lipinski definition) is 9. The molecule has 0 aromatic carbocycles. The first-order valence-electron chi connectivity index (χ1n) is 11.7. The van der Waals surface area contributed by atoms with Crippen molar-refractivity contribution in [1.29, 1.82) is 0 Å². The smallest absolute Gasteiger partial charge is 0.184 e. The van der Waals surface area contributed by atoms with Crippen LogP contribution in [0.25, 0.3) is 21.7 Å². The fourth-order valence-corrected chi connectivity index (χ4v) is 6.58. The second-order valence-corrected chi connectivity index (χ2v) is 10.4. The van der Waals surface area contributed by atoms with E-state index in [4.69, 9.17) is 23.9 Å². The van der Waals surface area contributed by atoms with Crippen molar-refractivity contribution in [3.63, 3.8) is 0 Å². The number of oxazole rings is 1. The summed E-state index contributed by atoms with van der Waals surface area (Å²) < 4.78 is 18.5. The number of nitrogens with one attached hydrogen (secondary N) is 1. The number of allylic oxidation sites excluding steroid dienone is 1. The maximum absolute atomic E-state index is 6.64. The Labute approximate surface area is 197 Å². The molecule has 2 bridgehead atoms. The van der Waals surface area contributed by atoms with Gasteiger partial charge in [0.25, 0.3) is 0 Å². The van der Waals surface area contributed by atoms with E-state index < -0.39 is 0 Å². The lowest BCUT2D eigenvalue weighted by molar-refractivity contribution is -0.185. The van der Waals surface area contributed by atoms with Crippen molar-refractivity contribution in [2.45, 2.75) is 38.2 Å². The Morgan fingerprint density at radius 3 is 2.73 bits per heavy atom. The summed E-state index contributed by atoms with van der Waals surface area (Å²) in [4.78, 5) is 17.7. The molecule has 3 aromatic rings. The zero-order valence-corrected chi connectivity index (χ0v) is 19.7. The molecule has 1 saturated carbocycles. The average molecular weight is 468 g/mol. The van der Waals surface area contributed by atoms with Crippen LogP contribution in [0.4, 0.5) is 5.82 Å².